The van der Waals surface area contributed by atoms with Gasteiger partial charge in [0.2, 0.25) is 5.91 Å². The van der Waals surface area contributed by atoms with Gasteiger partial charge in [-0.15, -0.1) is 0 Å². The van der Waals surface area contributed by atoms with Gasteiger partial charge < -0.3 is 10.2 Å². The second-order valence-corrected chi connectivity index (χ2v) is 7.81. The van der Waals surface area contributed by atoms with Crippen molar-refractivity contribution in [1.29, 1.82) is 0 Å². The van der Waals surface area contributed by atoms with E-state index in [0.29, 0.717) is 23.8 Å². The predicted molar refractivity (Wildman–Crippen MR) is 105 cm³/mol. The zero-order valence-electron chi connectivity index (χ0n) is 15.5. The second-order valence-electron chi connectivity index (χ2n) is 6.59. The number of thioether (sulfide) groups is 1. The molecule has 0 aliphatic carbocycles. The van der Waals surface area contributed by atoms with Crippen LogP contribution in [0.4, 0.5) is 5.69 Å². The van der Waals surface area contributed by atoms with Crippen LogP contribution in [0.15, 0.2) is 24.3 Å². The van der Waals surface area contributed by atoms with Crippen LogP contribution in [0.25, 0.3) is 0 Å². The molecule has 1 atom stereocenters. The molecule has 1 aromatic rings. The minimum Gasteiger partial charge on any atom is -0.337 e. The van der Waals surface area contributed by atoms with Crippen LogP contribution in [0.5, 0.6) is 0 Å². The Kier molecular flexibility index (Phi) is 7.78. The number of benzene rings is 1. The molecule has 0 bridgehead atoms. The lowest BCUT2D eigenvalue weighted by Crippen LogP contribution is -2.38. The van der Waals surface area contributed by atoms with Crippen molar-refractivity contribution in [1.82, 2.24) is 9.80 Å². The van der Waals surface area contributed by atoms with Crippen molar-refractivity contribution in [3.05, 3.63) is 29.8 Å². The van der Waals surface area contributed by atoms with Crippen LogP contribution in [0, 0.1) is 0 Å². The summed E-state index contributed by atoms with van der Waals surface area (Å²) in [6.07, 6.45) is 2.17. The molecule has 2 amide bonds. The minimum atomic E-state index is -0.0515. The molecule has 1 aliphatic rings. The average Bonchev–Trinajstić information content (AvgIpc) is 2.62. The van der Waals surface area contributed by atoms with Crippen molar-refractivity contribution < 1.29 is 9.59 Å². The Morgan fingerprint density at radius 1 is 1.32 bits per heavy atom. The molecular formula is C19H29N3O2S. The van der Waals surface area contributed by atoms with E-state index in [1.54, 1.807) is 6.07 Å². The highest BCUT2D eigenvalue weighted by molar-refractivity contribution is 7.99. The Bertz CT molecular complexity index is 588. The minimum absolute atomic E-state index is 0.0464. The molecule has 25 heavy (non-hydrogen) atoms. The van der Waals surface area contributed by atoms with Gasteiger partial charge in [0.1, 0.15) is 0 Å². The number of hydrogen-bond donors (Lipinski definition) is 1. The van der Waals surface area contributed by atoms with E-state index in [0.717, 1.165) is 37.4 Å². The van der Waals surface area contributed by atoms with Crippen LogP contribution in [0.2, 0.25) is 0 Å². The quantitative estimate of drug-likeness (QED) is 0.809. The fourth-order valence-corrected chi connectivity index (χ4v) is 3.80. The van der Waals surface area contributed by atoms with E-state index in [9.17, 15) is 9.59 Å². The Hall–Kier alpha value is -1.53. The summed E-state index contributed by atoms with van der Waals surface area (Å²) in [6.45, 7) is 6.21. The summed E-state index contributed by atoms with van der Waals surface area (Å²) in [6, 6.07) is 7.62. The van der Waals surface area contributed by atoms with Gasteiger partial charge in [-0.1, -0.05) is 19.4 Å². The highest BCUT2D eigenvalue weighted by Gasteiger charge is 2.19. The third-order valence-corrected chi connectivity index (χ3v) is 5.49. The first-order valence-corrected chi connectivity index (χ1v) is 10.1. The second kappa shape index (κ2) is 9.82. The maximum atomic E-state index is 12.6. The normalized spacial score (nSPS) is 15.9. The fraction of sp³-hybridized carbons (Fsp3) is 0.579. The van der Waals surface area contributed by atoms with Gasteiger partial charge in [-0.05, 0) is 38.6 Å². The van der Waals surface area contributed by atoms with Crippen molar-refractivity contribution in [3.8, 4) is 0 Å². The first-order valence-electron chi connectivity index (χ1n) is 8.98. The Morgan fingerprint density at radius 2 is 2.04 bits per heavy atom. The lowest BCUT2D eigenvalue weighted by atomic mass is 10.1. The molecule has 1 aliphatic heterocycles. The molecule has 1 N–H and O–H groups in total. The smallest absolute Gasteiger partial charge is 0.253 e. The highest BCUT2D eigenvalue weighted by Crippen LogP contribution is 2.16. The van der Waals surface area contributed by atoms with Gasteiger partial charge >= 0.3 is 0 Å². The number of nitrogens with one attached hydrogen (secondary N) is 1. The van der Waals surface area contributed by atoms with Gasteiger partial charge in [0.25, 0.3) is 5.91 Å². The topological polar surface area (TPSA) is 52.7 Å². The van der Waals surface area contributed by atoms with Crippen LogP contribution in [-0.2, 0) is 4.79 Å². The van der Waals surface area contributed by atoms with E-state index < -0.39 is 0 Å². The van der Waals surface area contributed by atoms with Crippen LogP contribution < -0.4 is 5.32 Å². The molecule has 138 valence electrons. The molecule has 1 saturated heterocycles. The lowest BCUT2D eigenvalue weighted by Gasteiger charge is -2.26. The van der Waals surface area contributed by atoms with Crippen molar-refractivity contribution in [2.75, 3.05) is 43.5 Å². The van der Waals surface area contributed by atoms with E-state index in [1.807, 2.05) is 41.9 Å². The summed E-state index contributed by atoms with van der Waals surface area (Å²) in [4.78, 5) is 28.8. The van der Waals surface area contributed by atoms with E-state index in [2.05, 4.69) is 24.1 Å². The molecule has 0 unspecified atom stereocenters. The molecule has 1 aromatic carbocycles. The zero-order valence-corrected chi connectivity index (χ0v) is 16.3. The Morgan fingerprint density at radius 3 is 2.72 bits per heavy atom. The first kappa shape index (κ1) is 19.8. The summed E-state index contributed by atoms with van der Waals surface area (Å²) in [7, 11) is 1.97. The number of hydrogen-bond acceptors (Lipinski definition) is 4. The highest BCUT2D eigenvalue weighted by atomic mass is 32.2. The summed E-state index contributed by atoms with van der Waals surface area (Å²) in [5.41, 5.74) is 1.32. The standard InChI is InChI=1S/C19H29N3O2S/c1-4-6-15(2)21(3)14-18(23)20-17-8-5-7-16(13-17)19(24)22-9-11-25-12-10-22/h5,7-8,13,15H,4,6,9-12,14H2,1-3H3,(H,20,23)/t15-/m1/s1. The van der Waals surface area contributed by atoms with Gasteiger partial charge in [-0.3, -0.25) is 14.5 Å². The Balaban J connectivity index is 1.94. The maximum Gasteiger partial charge on any atom is 0.253 e. The van der Waals surface area contributed by atoms with Crippen molar-refractivity contribution >= 4 is 29.3 Å². The molecular weight excluding hydrogens is 334 g/mol. The molecule has 0 saturated carbocycles. The van der Waals surface area contributed by atoms with Crippen LogP contribution in [-0.4, -0.2) is 65.8 Å². The van der Waals surface area contributed by atoms with Crippen LogP contribution in [0.1, 0.15) is 37.0 Å². The number of anilines is 1. The van der Waals surface area contributed by atoms with Crippen molar-refractivity contribution in [2.24, 2.45) is 0 Å². The number of amides is 2. The third kappa shape index (κ3) is 6.04. The summed E-state index contributed by atoms with van der Waals surface area (Å²) in [5, 5.41) is 2.91. The third-order valence-electron chi connectivity index (χ3n) is 4.54. The molecule has 0 aromatic heterocycles. The van der Waals surface area contributed by atoms with Gasteiger partial charge in [-0.2, -0.15) is 11.8 Å². The number of carbonyl (C=O) groups excluding carboxylic acids is 2. The molecule has 0 spiro atoms. The molecule has 1 fully saturated rings. The SMILES string of the molecule is CCC[C@@H](C)N(C)CC(=O)Nc1cccc(C(=O)N2CCSCC2)c1. The fourth-order valence-electron chi connectivity index (χ4n) is 2.90. The monoisotopic (exact) mass is 363 g/mol. The van der Waals surface area contributed by atoms with Gasteiger partial charge in [0.15, 0.2) is 0 Å². The largest absolute Gasteiger partial charge is 0.337 e. The van der Waals surface area contributed by atoms with Crippen LogP contribution in [0.3, 0.4) is 0 Å². The lowest BCUT2D eigenvalue weighted by molar-refractivity contribution is -0.117. The van der Waals surface area contributed by atoms with E-state index in [1.165, 1.54) is 0 Å². The van der Waals surface area contributed by atoms with E-state index >= 15 is 0 Å². The van der Waals surface area contributed by atoms with E-state index in [4.69, 9.17) is 0 Å². The summed E-state index contributed by atoms with van der Waals surface area (Å²) in [5.74, 6) is 1.98. The van der Waals surface area contributed by atoms with Crippen molar-refractivity contribution in [3.63, 3.8) is 0 Å². The van der Waals surface area contributed by atoms with Gasteiger partial charge in [-0.25, -0.2) is 0 Å². The Labute approximate surface area is 155 Å². The van der Waals surface area contributed by atoms with Crippen LogP contribution >= 0.6 is 11.8 Å². The number of nitrogens with zero attached hydrogens (tertiary/aromatic N) is 2. The molecule has 0 radical (unpaired) electrons. The molecule has 5 nitrogen and oxygen atoms in total. The van der Waals surface area contributed by atoms with E-state index in [-0.39, 0.29) is 11.8 Å². The van der Waals surface area contributed by atoms with Crippen molar-refractivity contribution in [2.45, 2.75) is 32.7 Å². The maximum absolute atomic E-state index is 12.6. The molecule has 1 heterocycles. The number of carbonyl (C=O) groups is 2. The summed E-state index contributed by atoms with van der Waals surface area (Å²) < 4.78 is 0. The van der Waals surface area contributed by atoms with Gasteiger partial charge in [0.05, 0.1) is 6.54 Å². The van der Waals surface area contributed by atoms with Gasteiger partial charge in [0, 0.05) is 41.9 Å². The first-order chi connectivity index (χ1) is 12.0. The predicted octanol–water partition coefficient (Wildman–Crippen LogP) is 2.93. The number of rotatable bonds is 7. The average molecular weight is 364 g/mol. The zero-order chi connectivity index (χ0) is 18.2. The number of likely N-dealkylation sites (N-methyl/N-ethyl adjacent to an activating group) is 1. The molecule has 6 heteroatoms. The molecule has 2 rings (SSSR count). The summed E-state index contributed by atoms with van der Waals surface area (Å²) >= 11 is 1.88.